The molecule has 1 aromatic carbocycles. The number of nitrogen functional groups attached to an aromatic ring is 1. The molecule has 2 unspecified atom stereocenters. The Balaban J connectivity index is 1.79. The largest absolute Gasteiger partial charge is 0.368 e. The van der Waals surface area contributed by atoms with Crippen LogP contribution in [-0.4, -0.2) is 24.9 Å². The fourth-order valence-corrected chi connectivity index (χ4v) is 3.43. The number of rotatable bonds is 7. The second kappa shape index (κ2) is 9.34. The smallest absolute Gasteiger partial charge is 0.223 e. The molecule has 4 aromatic rings. The van der Waals surface area contributed by atoms with Crippen LogP contribution in [0.1, 0.15) is 42.5 Å². The minimum atomic E-state index is -0.295. The lowest BCUT2D eigenvalue weighted by atomic mass is 9.93. The van der Waals surface area contributed by atoms with Crippen LogP contribution in [0.4, 0.5) is 27.8 Å². The zero-order valence-electron chi connectivity index (χ0n) is 17.7. The average Bonchev–Trinajstić information content (AvgIpc) is 2.80. The van der Waals surface area contributed by atoms with Gasteiger partial charge in [-0.3, -0.25) is 9.97 Å². The van der Waals surface area contributed by atoms with Gasteiger partial charge in [-0.15, -0.1) is 0 Å². The van der Waals surface area contributed by atoms with Gasteiger partial charge in [0.1, 0.15) is 23.3 Å². The summed E-state index contributed by atoms with van der Waals surface area (Å²) in [4.78, 5) is 21.5. The zero-order valence-corrected chi connectivity index (χ0v) is 17.7. The van der Waals surface area contributed by atoms with Crippen molar-refractivity contribution in [2.24, 2.45) is 0 Å². The molecular weight excluding hydrogens is 407 g/mol. The van der Waals surface area contributed by atoms with E-state index >= 15 is 0 Å². The average molecular weight is 430 g/mol. The van der Waals surface area contributed by atoms with Gasteiger partial charge in [-0.25, -0.2) is 9.37 Å². The van der Waals surface area contributed by atoms with Crippen molar-refractivity contribution in [2.45, 2.75) is 25.8 Å². The maximum absolute atomic E-state index is 13.5. The molecule has 0 aliphatic rings. The molecule has 0 saturated carbocycles. The molecule has 0 bridgehead atoms. The first-order valence-electron chi connectivity index (χ1n) is 10.1. The molecule has 2 atom stereocenters. The first kappa shape index (κ1) is 21.1. The minimum absolute atomic E-state index is 0.0958. The van der Waals surface area contributed by atoms with E-state index in [9.17, 15) is 4.39 Å². The number of nitrogens with zero attached hydrogens (tertiary/aromatic N) is 5. The van der Waals surface area contributed by atoms with E-state index in [1.165, 1.54) is 12.1 Å². The predicted octanol–water partition coefficient (Wildman–Crippen LogP) is 4.45. The summed E-state index contributed by atoms with van der Waals surface area (Å²) in [6.45, 7) is 4.02. The molecule has 0 aliphatic carbocycles. The van der Waals surface area contributed by atoms with Crippen molar-refractivity contribution in [3.8, 4) is 0 Å². The van der Waals surface area contributed by atoms with Crippen LogP contribution < -0.4 is 16.4 Å². The number of hydrogen-bond acceptors (Lipinski definition) is 8. The Kier molecular flexibility index (Phi) is 6.16. The van der Waals surface area contributed by atoms with Gasteiger partial charge >= 0.3 is 0 Å². The molecule has 3 aromatic heterocycles. The number of halogens is 1. The summed E-state index contributed by atoms with van der Waals surface area (Å²) < 4.78 is 13.5. The number of aromatic nitrogens is 5. The summed E-state index contributed by atoms with van der Waals surface area (Å²) in [5.74, 6) is 1.21. The van der Waals surface area contributed by atoms with Crippen LogP contribution in [0.5, 0.6) is 0 Å². The van der Waals surface area contributed by atoms with Crippen LogP contribution in [0.3, 0.4) is 0 Å². The summed E-state index contributed by atoms with van der Waals surface area (Å²) in [5, 5.41) is 6.63. The Morgan fingerprint density at radius 3 is 2.31 bits per heavy atom. The van der Waals surface area contributed by atoms with Gasteiger partial charge in [0.15, 0.2) is 0 Å². The third-order valence-electron chi connectivity index (χ3n) is 5.11. The van der Waals surface area contributed by atoms with Crippen molar-refractivity contribution >= 4 is 23.4 Å². The molecular formula is C23H23FN8. The maximum Gasteiger partial charge on any atom is 0.223 e. The Hall–Kier alpha value is -4.14. The highest BCUT2D eigenvalue weighted by Gasteiger charge is 2.23. The molecule has 3 heterocycles. The van der Waals surface area contributed by atoms with Gasteiger partial charge < -0.3 is 16.4 Å². The minimum Gasteiger partial charge on any atom is -0.368 e. The molecule has 0 saturated heterocycles. The van der Waals surface area contributed by atoms with E-state index in [0.717, 1.165) is 16.7 Å². The fraction of sp³-hybridized carbons (Fsp3) is 0.174. The molecule has 4 rings (SSSR count). The highest BCUT2D eigenvalue weighted by molar-refractivity contribution is 5.68. The summed E-state index contributed by atoms with van der Waals surface area (Å²) >= 11 is 0. The van der Waals surface area contributed by atoms with Gasteiger partial charge in [0.25, 0.3) is 0 Å². The van der Waals surface area contributed by atoms with Crippen molar-refractivity contribution < 1.29 is 4.39 Å². The molecule has 0 radical (unpaired) electrons. The quantitative estimate of drug-likeness (QED) is 0.394. The van der Waals surface area contributed by atoms with Crippen LogP contribution in [0, 0.1) is 5.82 Å². The lowest BCUT2D eigenvalue weighted by molar-refractivity contribution is 0.626. The van der Waals surface area contributed by atoms with E-state index in [0.29, 0.717) is 17.5 Å². The van der Waals surface area contributed by atoms with Crippen molar-refractivity contribution in [3.63, 3.8) is 0 Å². The molecule has 0 spiro atoms. The Morgan fingerprint density at radius 1 is 0.875 bits per heavy atom. The van der Waals surface area contributed by atoms with Gasteiger partial charge in [-0.2, -0.15) is 9.97 Å². The van der Waals surface area contributed by atoms with Gasteiger partial charge in [0.05, 0.1) is 12.2 Å². The summed E-state index contributed by atoms with van der Waals surface area (Å²) in [6.07, 6.45) is 8.29. The van der Waals surface area contributed by atoms with Crippen molar-refractivity contribution in [1.82, 2.24) is 24.9 Å². The third-order valence-corrected chi connectivity index (χ3v) is 5.11. The number of anilines is 4. The van der Waals surface area contributed by atoms with E-state index in [1.54, 1.807) is 43.1 Å². The Bertz CT molecular complexity index is 1170. The second-order valence-corrected chi connectivity index (χ2v) is 7.33. The standard InChI is InChI=1S/C23H23FN8/c1-14(16-5-7-18(24)8-6-16)20-21(29-15(2)17-4-3-9-26-12-17)31-23(25)32-22(20)30-19-13-27-10-11-28-19/h3-15H,1-2H3,(H4,25,28,29,30,31,32). The van der Waals surface area contributed by atoms with Crippen molar-refractivity contribution in [1.29, 1.82) is 0 Å². The molecule has 0 aliphatic heterocycles. The SMILES string of the molecule is CC(Nc1nc(N)nc(Nc2cnccn2)c1C(C)c1ccc(F)cc1)c1cccnc1. The summed E-state index contributed by atoms with van der Waals surface area (Å²) in [6, 6.07) is 10.1. The van der Waals surface area contributed by atoms with E-state index in [4.69, 9.17) is 5.73 Å². The molecule has 32 heavy (non-hydrogen) atoms. The van der Waals surface area contributed by atoms with Gasteiger partial charge in [-0.05, 0) is 36.2 Å². The van der Waals surface area contributed by atoms with Crippen molar-refractivity contribution in [3.05, 3.63) is 89.9 Å². The first-order valence-corrected chi connectivity index (χ1v) is 10.1. The van der Waals surface area contributed by atoms with E-state index in [-0.39, 0.29) is 23.7 Å². The molecule has 4 N–H and O–H groups in total. The normalized spacial score (nSPS) is 12.7. The van der Waals surface area contributed by atoms with Crippen LogP contribution in [-0.2, 0) is 0 Å². The monoisotopic (exact) mass is 430 g/mol. The number of nitrogens with one attached hydrogen (secondary N) is 2. The van der Waals surface area contributed by atoms with E-state index < -0.39 is 0 Å². The lowest BCUT2D eigenvalue weighted by Gasteiger charge is -2.23. The van der Waals surface area contributed by atoms with Gasteiger partial charge in [-0.1, -0.05) is 25.1 Å². The zero-order chi connectivity index (χ0) is 22.5. The van der Waals surface area contributed by atoms with Crippen molar-refractivity contribution in [2.75, 3.05) is 16.4 Å². The van der Waals surface area contributed by atoms with E-state index in [2.05, 4.69) is 35.6 Å². The van der Waals surface area contributed by atoms with Crippen LogP contribution >= 0.6 is 0 Å². The number of benzene rings is 1. The summed E-state index contributed by atoms with van der Waals surface area (Å²) in [7, 11) is 0. The topological polar surface area (TPSA) is 115 Å². The van der Waals surface area contributed by atoms with Gasteiger partial charge in [0, 0.05) is 36.3 Å². The molecule has 8 nitrogen and oxygen atoms in total. The van der Waals surface area contributed by atoms with Crippen LogP contribution in [0.15, 0.2) is 67.4 Å². The molecule has 9 heteroatoms. The molecule has 0 amide bonds. The number of pyridine rings is 1. The number of nitrogens with two attached hydrogens (primary N) is 1. The fourth-order valence-electron chi connectivity index (χ4n) is 3.43. The highest BCUT2D eigenvalue weighted by atomic mass is 19.1. The lowest BCUT2D eigenvalue weighted by Crippen LogP contribution is -2.16. The molecule has 162 valence electrons. The maximum atomic E-state index is 13.5. The second-order valence-electron chi connectivity index (χ2n) is 7.33. The predicted molar refractivity (Wildman–Crippen MR) is 122 cm³/mol. The Morgan fingerprint density at radius 2 is 1.62 bits per heavy atom. The first-order chi connectivity index (χ1) is 15.5. The summed E-state index contributed by atoms with van der Waals surface area (Å²) in [5.41, 5.74) is 8.72. The van der Waals surface area contributed by atoms with Crippen LogP contribution in [0.2, 0.25) is 0 Å². The van der Waals surface area contributed by atoms with Crippen LogP contribution in [0.25, 0.3) is 0 Å². The third kappa shape index (κ3) is 4.77. The number of hydrogen-bond donors (Lipinski definition) is 3. The molecule has 0 fully saturated rings. The Labute approximate surface area is 185 Å². The van der Waals surface area contributed by atoms with Gasteiger partial charge in [0.2, 0.25) is 5.95 Å². The van der Waals surface area contributed by atoms with E-state index in [1.807, 2.05) is 26.0 Å². The highest BCUT2D eigenvalue weighted by Crippen LogP contribution is 2.37.